The molecule has 0 radical (unpaired) electrons. The van der Waals surface area contributed by atoms with Gasteiger partial charge in [-0.3, -0.25) is 4.99 Å². The van der Waals surface area contributed by atoms with Crippen molar-refractivity contribution in [1.29, 1.82) is 0 Å². The molecule has 2 fully saturated rings. The molecule has 1 atom stereocenters. The van der Waals surface area contributed by atoms with Crippen LogP contribution in [0.25, 0.3) is 0 Å². The second kappa shape index (κ2) is 14.9. The number of hydrogen-bond donors (Lipinski definition) is 2. The lowest BCUT2D eigenvalue weighted by atomic mass is 10.1. The summed E-state index contributed by atoms with van der Waals surface area (Å²) < 4.78 is 11.6. The molecule has 0 saturated carbocycles. The summed E-state index contributed by atoms with van der Waals surface area (Å²) in [6, 6.07) is 6.39. The normalized spacial score (nSPS) is 19.7. The predicted molar refractivity (Wildman–Crippen MR) is 139 cm³/mol. The fraction of sp³-hybridized carbons (Fsp3) is 0.708. The SMILES string of the molecule is CN=C(NCCCCCN1CCCCC1)NCc1ccc(C)cc1OC1CCOC1.I. The van der Waals surface area contributed by atoms with Crippen LogP contribution in [0.5, 0.6) is 5.75 Å². The van der Waals surface area contributed by atoms with Crippen LogP contribution in [0.4, 0.5) is 0 Å². The van der Waals surface area contributed by atoms with E-state index in [0.717, 1.165) is 36.8 Å². The van der Waals surface area contributed by atoms with E-state index in [0.29, 0.717) is 13.2 Å². The number of benzene rings is 1. The van der Waals surface area contributed by atoms with Gasteiger partial charge in [-0.15, -0.1) is 24.0 Å². The standard InChI is InChI=1S/C24H40N4O2.HI/c1-20-9-10-21(23(17-20)30-22-11-16-29-19-22)18-27-24(25-2)26-12-5-3-6-13-28-14-7-4-8-15-28;/h9-10,17,22H,3-8,11-16,18-19H2,1-2H3,(H2,25,26,27);1H. The lowest BCUT2D eigenvalue weighted by Crippen LogP contribution is -2.37. The number of ether oxygens (including phenoxy) is 2. The van der Waals surface area contributed by atoms with Gasteiger partial charge in [0.1, 0.15) is 11.9 Å². The number of rotatable bonds is 10. The highest BCUT2D eigenvalue weighted by Gasteiger charge is 2.18. The minimum atomic E-state index is 0. The first-order valence-corrected chi connectivity index (χ1v) is 11.8. The maximum atomic E-state index is 6.20. The van der Waals surface area contributed by atoms with E-state index in [1.807, 2.05) is 7.05 Å². The molecule has 176 valence electrons. The molecule has 0 aromatic heterocycles. The van der Waals surface area contributed by atoms with Crippen LogP contribution < -0.4 is 15.4 Å². The topological polar surface area (TPSA) is 58.1 Å². The number of unbranched alkanes of at least 4 members (excludes halogenated alkanes) is 2. The van der Waals surface area contributed by atoms with Gasteiger partial charge >= 0.3 is 0 Å². The van der Waals surface area contributed by atoms with Crippen LogP contribution in [0.2, 0.25) is 0 Å². The van der Waals surface area contributed by atoms with Gasteiger partial charge in [-0.25, -0.2) is 0 Å². The summed E-state index contributed by atoms with van der Waals surface area (Å²) in [6.07, 6.45) is 9.03. The van der Waals surface area contributed by atoms with Gasteiger partial charge in [-0.1, -0.05) is 25.0 Å². The van der Waals surface area contributed by atoms with Gasteiger partial charge < -0.3 is 25.0 Å². The maximum absolute atomic E-state index is 6.20. The van der Waals surface area contributed by atoms with Crippen molar-refractivity contribution in [1.82, 2.24) is 15.5 Å². The van der Waals surface area contributed by atoms with Crippen molar-refractivity contribution in [2.45, 2.75) is 64.5 Å². The quantitative estimate of drug-likeness (QED) is 0.201. The molecular formula is C24H41IN4O2. The fourth-order valence-corrected chi connectivity index (χ4v) is 4.13. The first kappa shape index (κ1) is 26.2. The van der Waals surface area contributed by atoms with Crippen molar-refractivity contribution < 1.29 is 9.47 Å². The molecule has 2 aliphatic rings. The lowest BCUT2D eigenvalue weighted by Gasteiger charge is -2.26. The maximum Gasteiger partial charge on any atom is 0.191 e. The lowest BCUT2D eigenvalue weighted by molar-refractivity contribution is 0.140. The highest BCUT2D eigenvalue weighted by Crippen LogP contribution is 2.23. The van der Waals surface area contributed by atoms with E-state index in [4.69, 9.17) is 9.47 Å². The molecule has 0 bridgehead atoms. The Morgan fingerprint density at radius 3 is 2.74 bits per heavy atom. The summed E-state index contributed by atoms with van der Waals surface area (Å²) in [6.45, 7) is 9.07. The molecule has 31 heavy (non-hydrogen) atoms. The van der Waals surface area contributed by atoms with Gasteiger partial charge in [-0.05, 0) is 63.9 Å². The van der Waals surface area contributed by atoms with Gasteiger partial charge in [0, 0.05) is 32.1 Å². The van der Waals surface area contributed by atoms with Crippen LogP contribution in [0.15, 0.2) is 23.2 Å². The summed E-state index contributed by atoms with van der Waals surface area (Å²) in [5.41, 5.74) is 2.36. The number of nitrogens with one attached hydrogen (secondary N) is 2. The van der Waals surface area contributed by atoms with Crippen molar-refractivity contribution in [3.63, 3.8) is 0 Å². The fourth-order valence-electron chi connectivity index (χ4n) is 4.13. The van der Waals surface area contributed by atoms with Crippen LogP contribution in [0, 0.1) is 6.92 Å². The number of likely N-dealkylation sites (tertiary alicyclic amines) is 1. The Kier molecular flexibility index (Phi) is 12.6. The molecule has 0 aliphatic carbocycles. The molecule has 2 heterocycles. The van der Waals surface area contributed by atoms with Gasteiger partial charge in [0.25, 0.3) is 0 Å². The van der Waals surface area contributed by atoms with Crippen LogP contribution >= 0.6 is 24.0 Å². The molecule has 2 saturated heterocycles. The minimum absolute atomic E-state index is 0. The summed E-state index contributed by atoms with van der Waals surface area (Å²) in [5.74, 6) is 1.80. The second-order valence-corrected chi connectivity index (χ2v) is 8.53. The van der Waals surface area contributed by atoms with Gasteiger partial charge in [0.15, 0.2) is 5.96 Å². The van der Waals surface area contributed by atoms with Gasteiger partial charge in [0.05, 0.1) is 13.2 Å². The first-order chi connectivity index (χ1) is 14.7. The van der Waals surface area contributed by atoms with E-state index in [1.165, 1.54) is 63.7 Å². The predicted octanol–water partition coefficient (Wildman–Crippen LogP) is 4.10. The number of guanidine groups is 1. The monoisotopic (exact) mass is 544 g/mol. The minimum Gasteiger partial charge on any atom is -0.488 e. The molecular weight excluding hydrogens is 503 g/mol. The Balaban J connectivity index is 0.00000341. The molecule has 1 unspecified atom stereocenters. The molecule has 1 aromatic carbocycles. The molecule has 0 amide bonds. The van der Waals surface area contributed by atoms with Gasteiger partial charge in [0.2, 0.25) is 0 Å². The Bertz CT molecular complexity index is 659. The molecule has 2 N–H and O–H groups in total. The zero-order valence-electron chi connectivity index (χ0n) is 19.3. The highest BCUT2D eigenvalue weighted by molar-refractivity contribution is 14.0. The Morgan fingerprint density at radius 2 is 2.00 bits per heavy atom. The first-order valence-electron chi connectivity index (χ1n) is 11.8. The molecule has 1 aromatic rings. The Labute approximate surface area is 205 Å². The van der Waals surface area contributed by atoms with E-state index in [9.17, 15) is 0 Å². The third-order valence-corrected chi connectivity index (χ3v) is 5.97. The molecule has 7 heteroatoms. The van der Waals surface area contributed by atoms with Crippen molar-refractivity contribution in [2.75, 3.05) is 46.4 Å². The highest BCUT2D eigenvalue weighted by atomic mass is 127. The van der Waals surface area contributed by atoms with Crippen molar-refractivity contribution in [2.24, 2.45) is 4.99 Å². The van der Waals surface area contributed by atoms with Crippen molar-refractivity contribution in [3.8, 4) is 5.75 Å². The van der Waals surface area contributed by atoms with E-state index >= 15 is 0 Å². The number of nitrogens with zero attached hydrogens (tertiary/aromatic N) is 2. The number of piperidine rings is 1. The molecule has 2 aliphatic heterocycles. The summed E-state index contributed by atoms with van der Waals surface area (Å²) in [4.78, 5) is 6.99. The van der Waals surface area contributed by atoms with Gasteiger partial charge in [-0.2, -0.15) is 0 Å². The Hall–Kier alpha value is -1.06. The van der Waals surface area contributed by atoms with Crippen molar-refractivity contribution in [3.05, 3.63) is 29.3 Å². The van der Waals surface area contributed by atoms with Crippen molar-refractivity contribution >= 4 is 29.9 Å². The summed E-state index contributed by atoms with van der Waals surface area (Å²) in [5, 5.41) is 6.88. The third-order valence-electron chi connectivity index (χ3n) is 5.97. The average Bonchev–Trinajstić information content (AvgIpc) is 3.27. The smallest absolute Gasteiger partial charge is 0.191 e. The second-order valence-electron chi connectivity index (χ2n) is 8.53. The van der Waals surface area contributed by atoms with E-state index in [2.05, 4.69) is 45.6 Å². The van der Waals surface area contributed by atoms with Crippen LogP contribution in [0.3, 0.4) is 0 Å². The zero-order chi connectivity index (χ0) is 21.0. The number of halogens is 1. The largest absolute Gasteiger partial charge is 0.488 e. The summed E-state index contributed by atoms with van der Waals surface area (Å²) >= 11 is 0. The van der Waals surface area contributed by atoms with Crippen LogP contribution in [0.1, 0.15) is 56.1 Å². The van der Waals surface area contributed by atoms with E-state index in [-0.39, 0.29) is 30.1 Å². The number of aryl methyl sites for hydroxylation is 1. The molecule has 6 nitrogen and oxygen atoms in total. The Morgan fingerprint density at radius 1 is 1.16 bits per heavy atom. The van der Waals surface area contributed by atoms with E-state index in [1.54, 1.807) is 0 Å². The zero-order valence-corrected chi connectivity index (χ0v) is 21.7. The number of aliphatic imine (C=N–C) groups is 1. The average molecular weight is 545 g/mol. The van der Waals surface area contributed by atoms with Crippen LogP contribution in [-0.4, -0.2) is 63.4 Å². The summed E-state index contributed by atoms with van der Waals surface area (Å²) in [7, 11) is 1.83. The number of hydrogen-bond acceptors (Lipinski definition) is 4. The third kappa shape index (κ3) is 9.53. The van der Waals surface area contributed by atoms with E-state index < -0.39 is 0 Å². The molecule has 3 rings (SSSR count). The molecule has 0 spiro atoms. The van der Waals surface area contributed by atoms with Crippen LogP contribution in [-0.2, 0) is 11.3 Å².